The summed E-state index contributed by atoms with van der Waals surface area (Å²) in [6.45, 7) is 0. The molecular weight excluding hydrogens is 190 g/mol. The van der Waals surface area contributed by atoms with E-state index in [1.165, 1.54) is 18.0 Å². The predicted octanol–water partition coefficient (Wildman–Crippen LogP) is -1.81. The maximum absolute atomic E-state index is 9.55. The number of nitrogens with zero attached hydrogens (tertiary/aromatic N) is 3. The van der Waals surface area contributed by atoms with Gasteiger partial charge in [-0.3, -0.25) is 0 Å². The van der Waals surface area contributed by atoms with Crippen molar-refractivity contribution in [1.29, 1.82) is 0 Å². The third-order valence-electron chi connectivity index (χ3n) is 2.35. The highest BCUT2D eigenvalue weighted by Gasteiger charge is 2.41. The molecule has 0 saturated heterocycles. The van der Waals surface area contributed by atoms with E-state index >= 15 is 0 Å². The maximum atomic E-state index is 9.55. The Morgan fingerprint density at radius 2 is 2.07 bits per heavy atom. The molecule has 2 rings (SSSR count). The van der Waals surface area contributed by atoms with E-state index in [9.17, 15) is 15.3 Å². The molecule has 0 saturated carbocycles. The van der Waals surface area contributed by atoms with E-state index in [1.54, 1.807) is 0 Å². The van der Waals surface area contributed by atoms with Crippen LogP contribution in [0.1, 0.15) is 18.0 Å². The Kier molecular flexibility index (Phi) is 2.23. The molecule has 0 radical (unpaired) electrons. The molecule has 2 heterocycles. The van der Waals surface area contributed by atoms with Crippen LogP contribution in [0.25, 0.3) is 0 Å². The Hall–Kier alpha value is -1.02. The van der Waals surface area contributed by atoms with Gasteiger partial charge in [-0.05, 0) is 0 Å². The van der Waals surface area contributed by atoms with Crippen LogP contribution < -0.4 is 0 Å². The van der Waals surface area contributed by atoms with Gasteiger partial charge in [-0.15, -0.1) is 5.10 Å². The van der Waals surface area contributed by atoms with Crippen LogP contribution in [-0.4, -0.2) is 49.6 Å². The first kappa shape index (κ1) is 9.53. The SMILES string of the molecule is CO[C@H]1[C@H](O)[C@@H](O)[C@H](O)c2cnnn21. The molecule has 1 aromatic heterocycles. The van der Waals surface area contributed by atoms with Crippen LogP contribution in [0.4, 0.5) is 0 Å². The fourth-order valence-corrected chi connectivity index (χ4v) is 1.58. The first-order chi connectivity index (χ1) is 6.66. The first-order valence-electron chi connectivity index (χ1n) is 4.14. The molecule has 0 aromatic carbocycles. The second-order valence-corrected chi connectivity index (χ2v) is 3.16. The Morgan fingerprint density at radius 3 is 2.71 bits per heavy atom. The van der Waals surface area contributed by atoms with Crippen molar-refractivity contribution in [2.24, 2.45) is 0 Å². The van der Waals surface area contributed by atoms with E-state index in [0.29, 0.717) is 5.69 Å². The molecule has 7 nitrogen and oxygen atoms in total. The van der Waals surface area contributed by atoms with Crippen molar-refractivity contribution in [2.75, 3.05) is 7.11 Å². The molecule has 78 valence electrons. The van der Waals surface area contributed by atoms with Crippen LogP contribution in [0.2, 0.25) is 0 Å². The Labute approximate surface area is 79.5 Å². The minimum absolute atomic E-state index is 0.328. The van der Waals surface area contributed by atoms with Crippen LogP contribution in [0.5, 0.6) is 0 Å². The van der Waals surface area contributed by atoms with Gasteiger partial charge in [0.15, 0.2) is 6.23 Å². The summed E-state index contributed by atoms with van der Waals surface area (Å²) in [4.78, 5) is 0. The summed E-state index contributed by atoms with van der Waals surface area (Å²) in [6.07, 6.45) is -3.18. The molecule has 4 atom stereocenters. The Balaban J connectivity index is 2.44. The van der Waals surface area contributed by atoms with Gasteiger partial charge in [-0.2, -0.15) is 0 Å². The molecule has 7 heteroatoms. The molecular formula is C7H11N3O4. The number of rotatable bonds is 1. The number of hydrogen-bond donors (Lipinski definition) is 3. The van der Waals surface area contributed by atoms with Crippen LogP contribution in [-0.2, 0) is 4.74 Å². The van der Waals surface area contributed by atoms with Gasteiger partial charge in [-0.25, -0.2) is 4.68 Å². The van der Waals surface area contributed by atoms with Gasteiger partial charge in [0.2, 0.25) is 0 Å². The molecule has 3 N–H and O–H groups in total. The summed E-state index contributed by atoms with van der Waals surface area (Å²) in [6, 6.07) is 0. The molecule has 14 heavy (non-hydrogen) atoms. The number of aromatic nitrogens is 3. The number of ether oxygens (including phenoxy) is 1. The minimum Gasteiger partial charge on any atom is -0.387 e. The zero-order valence-electron chi connectivity index (χ0n) is 7.48. The minimum atomic E-state index is -1.29. The van der Waals surface area contributed by atoms with Crippen LogP contribution in [0, 0.1) is 0 Å². The average molecular weight is 201 g/mol. The lowest BCUT2D eigenvalue weighted by Gasteiger charge is -2.34. The quantitative estimate of drug-likeness (QED) is 0.495. The Morgan fingerprint density at radius 1 is 1.36 bits per heavy atom. The van der Waals surface area contributed by atoms with Crippen LogP contribution >= 0.6 is 0 Å². The van der Waals surface area contributed by atoms with Crippen molar-refractivity contribution in [3.63, 3.8) is 0 Å². The molecule has 0 aliphatic carbocycles. The second-order valence-electron chi connectivity index (χ2n) is 3.16. The molecule has 1 aliphatic heterocycles. The van der Waals surface area contributed by atoms with Gasteiger partial charge in [0.05, 0.1) is 11.9 Å². The largest absolute Gasteiger partial charge is 0.387 e. The summed E-state index contributed by atoms with van der Waals surface area (Å²) in [5, 5.41) is 35.8. The van der Waals surface area contributed by atoms with Crippen molar-refractivity contribution in [3.05, 3.63) is 11.9 Å². The van der Waals surface area contributed by atoms with Gasteiger partial charge in [-0.1, -0.05) is 5.21 Å². The van der Waals surface area contributed by atoms with Crippen molar-refractivity contribution >= 4 is 0 Å². The van der Waals surface area contributed by atoms with Crippen molar-refractivity contribution in [1.82, 2.24) is 15.0 Å². The highest BCUT2D eigenvalue weighted by atomic mass is 16.5. The van der Waals surface area contributed by atoms with E-state index in [2.05, 4.69) is 10.3 Å². The summed E-state index contributed by atoms with van der Waals surface area (Å²) in [5.74, 6) is 0. The molecule has 0 amide bonds. The van der Waals surface area contributed by atoms with Crippen LogP contribution in [0.15, 0.2) is 6.20 Å². The normalized spacial score (nSPS) is 36.9. The number of aliphatic hydroxyl groups excluding tert-OH is 3. The summed E-state index contributed by atoms with van der Waals surface area (Å²) < 4.78 is 6.20. The first-order valence-corrected chi connectivity index (χ1v) is 4.14. The zero-order valence-corrected chi connectivity index (χ0v) is 7.48. The van der Waals surface area contributed by atoms with E-state index in [4.69, 9.17) is 4.74 Å². The maximum Gasteiger partial charge on any atom is 0.180 e. The number of aliphatic hydroxyl groups is 3. The number of hydrogen-bond acceptors (Lipinski definition) is 6. The van der Waals surface area contributed by atoms with E-state index in [0.717, 1.165) is 0 Å². The van der Waals surface area contributed by atoms with Gasteiger partial charge in [0, 0.05) is 7.11 Å². The second kappa shape index (κ2) is 3.28. The molecule has 0 fully saturated rings. The fourth-order valence-electron chi connectivity index (χ4n) is 1.58. The van der Waals surface area contributed by atoms with Crippen molar-refractivity contribution in [2.45, 2.75) is 24.5 Å². The molecule has 0 unspecified atom stereocenters. The van der Waals surface area contributed by atoms with Gasteiger partial charge in [0.1, 0.15) is 18.3 Å². The summed E-state index contributed by atoms with van der Waals surface area (Å²) >= 11 is 0. The van der Waals surface area contributed by atoms with Gasteiger partial charge < -0.3 is 20.1 Å². The molecule has 0 bridgehead atoms. The summed E-state index contributed by atoms with van der Waals surface area (Å²) in [7, 11) is 1.38. The van der Waals surface area contributed by atoms with E-state index in [-0.39, 0.29) is 0 Å². The zero-order chi connectivity index (χ0) is 10.3. The molecule has 1 aromatic rings. The Bertz CT molecular complexity index is 328. The average Bonchev–Trinajstić information content (AvgIpc) is 2.64. The lowest BCUT2D eigenvalue weighted by atomic mass is 10.0. The van der Waals surface area contributed by atoms with Crippen molar-refractivity contribution in [3.8, 4) is 0 Å². The topological polar surface area (TPSA) is 101 Å². The lowest BCUT2D eigenvalue weighted by Crippen LogP contribution is -2.45. The third kappa shape index (κ3) is 1.14. The fraction of sp³-hybridized carbons (Fsp3) is 0.714. The summed E-state index contributed by atoms with van der Waals surface area (Å²) in [5.41, 5.74) is 0.328. The van der Waals surface area contributed by atoms with Gasteiger partial charge >= 0.3 is 0 Å². The third-order valence-corrected chi connectivity index (χ3v) is 2.35. The van der Waals surface area contributed by atoms with Crippen molar-refractivity contribution < 1.29 is 20.1 Å². The predicted molar refractivity (Wildman–Crippen MR) is 43.0 cm³/mol. The van der Waals surface area contributed by atoms with Gasteiger partial charge in [0.25, 0.3) is 0 Å². The highest BCUT2D eigenvalue weighted by molar-refractivity contribution is 5.08. The van der Waals surface area contributed by atoms with E-state index < -0.39 is 24.5 Å². The van der Waals surface area contributed by atoms with E-state index in [1.807, 2.05) is 0 Å². The number of fused-ring (bicyclic) bond motifs is 1. The monoisotopic (exact) mass is 201 g/mol. The lowest BCUT2D eigenvalue weighted by molar-refractivity contribution is -0.166. The molecule has 1 aliphatic rings. The van der Waals surface area contributed by atoms with Crippen LogP contribution in [0.3, 0.4) is 0 Å². The standard InChI is InChI=1S/C7H11N3O4/c1-14-7-6(13)5(12)4(11)3-2-8-9-10(3)7/h2,4-7,11-13H,1H3/t4-,5+,6-,7+/m1/s1. The molecule has 0 spiro atoms. The number of methoxy groups -OCH3 is 1. The highest BCUT2D eigenvalue weighted by Crippen LogP contribution is 2.31. The smallest absolute Gasteiger partial charge is 0.180 e.